The smallest absolute Gasteiger partial charge is 0.255 e. The summed E-state index contributed by atoms with van der Waals surface area (Å²) in [5, 5.41) is 0. The van der Waals surface area contributed by atoms with Crippen molar-refractivity contribution < 1.29 is 17.9 Å². The zero-order valence-electron chi connectivity index (χ0n) is 19.9. The van der Waals surface area contributed by atoms with Gasteiger partial charge in [0.2, 0.25) is 10.0 Å². The van der Waals surface area contributed by atoms with Crippen LogP contribution in [0.3, 0.4) is 0 Å². The fraction of sp³-hybridized carbons (Fsp3) is 0.708. The summed E-state index contributed by atoms with van der Waals surface area (Å²) in [5.74, 6) is -0.0892. The molecule has 1 aliphatic heterocycles. The number of morpholine rings is 1. The van der Waals surface area contributed by atoms with Crippen LogP contribution in [0.4, 0.5) is 5.69 Å². The summed E-state index contributed by atoms with van der Waals surface area (Å²) < 4.78 is 33.3. The summed E-state index contributed by atoms with van der Waals surface area (Å²) in [6, 6.07) is 5.25. The molecule has 0 bridgehead atoms. The molecule has 2 fully saturated rings. The van der Waals surface area contributed by atoms with Gasteiger partial charge >= 0.3 is 0 Å². The van der Waals surface area contributed by atoms with Gasteiger partial charge in [-0.1, -0.05) is 46.0 Å². The number of benzene rings is 1. The number of ether oxygens (including phenoxy) is 1. The molecule has 2 aliphatic rings. The molecule has 1 aromatic carbocycles. The van der Waals surface area contributed by atoms with Gasteiger partial charge in [-0.25, -0.2) is 8.42 Å². The molecule has 0 atom stereocenters. The molecule has 1 aliphatic carbocycles. The Morgan fingerprint density at radius 1 is 1.03 bits per heavy atom. The molecule has 0 radical (unpaired) electrons. The van der Waals surface area contributed by atoms with Crippen LogP contribution in [0.1, 0.15) is 69.2 Å². The van der Waals surface area contributed by atoms with Gasteiger partial charge in [0, 0.05) is 45.0 Å². The third-order valence-electron chi connectivity index (χ3n) is 6.84. The van der Waals surface area contributed by atoms with Crippen LogP contribution in [0.15, 0.2) is 23.1 Å². The van der Waals surface area contributed by atoms with Crippen LogP contribution in [0.5, 0.6) is 0 Å². The van der Waals surface area contributed by atoms with Crippen molar-refractivity contribution in [2.75, 3.05) is 51.3 Å². The van der Waals surface area contributed by atoms with E-state index in [0.29, 0.717) is 45.0 Å². The van der Waals surface area contributed by atoms with E-state index in [2.05, 4.69) is 4.90 Å². The number of hydrogen-bond donors (Lipinski definition) is 0. The highest BCUT2D eigenvalue weighted by atomic mass is 32.2. The second kappa shape index (κ2) is 11.5. The summed E-state index contributed by atoms with van der Waals surface area (Å²) in [7, 11) is -1.77. The fourth-order valence-corrected chi connectivity index (χ4v) is 6.30. The van der Waals surface area contributed by atoms with Gasteiger partial charge in [-0.15, -0.1) is 0 Å². The van der Waals surface area contributed by atoms with E-state index in [0.717, 1.165) is 31.4 Å². The Kier molecular flexibility index (Phi) is 8.96. The molecule has 0 aromatic heterocycles. The molecule has 1 saturated heterocycles. The van der Waals surface area contributed by atoms with Crippen molar-refractivity contribution in [3.63, 3.8) is 0 Å². The summed E-state index contributed by atoms with van der Waals surface area (Å²) in [6.07, 6.45) is 7.99. The van der Waals surface area contributed by atoms with Gasteiger partial charge in [0.05, 0.1) is 23.7 Å². The van der Waals surface area contributed by atoms with Crippen molar-refractivity contribution in [1.82, 2.24) is 9.21 Å². The van der Waals surface area contributed by atoms with Gasteiger partial charge < -0.3 is 14.5 Å². The molecular weight excluding hydrogens is 426 g/mol. The van der Waals surface area contributed by atoms with Crippen molar-refractivity contribution in [3.8, 4) is 0 Å². The molecule has 3 rings (SSSR count). The second-order valence-electron chi connectivity index (χ2n) is 8.78. The minimum Gasteiger partial charge on any atom is -0.378 e. The highest BCUT2D eigenvalue weighted by molar-refractivity contribution is 7.89. The predicted octanol–water partition coefficient (Wildman–Crippen LogP) is 3.74. The zero-order chi connectivity index (χ0) is 23.1. The average molecular weight is 466 g/mol. The molecule has 8 heteroatoms. The van der Waals surface area contributed by atoms with Crippen LogP contribution in [0.2, 0.25) is 0 Å². The summed E-state index contributed by atoms with van der Waals surface area (Å²) in [5.41, 5.74) is 1.28. The number of hydrogen-bond acceptors (Lipinski definition) is 5. The largest absolute Gasteiger partial charge is 0.378 e. The van der Waals surface area contributed by atoms with Crippen molar-refractivity contribution in [2.24, 2.45) is 0 Å². The molecule has 32 heavy (non-hydrogen) atoms. The van der Waals surface area contributed by atoms with E-state index in [1.54, 1.807) is 18.2 Å². The molecular formula is C24H39N3O4S. The average Bonchev–Trinajstić information content (AvgIpc) is 2.79. The Labute approximate surface area is 193 Å². The standard InChI is InChI=1S/C24H39N3O4S/c1-4-27(5-2)32(29,30)21-13-14-23(26-15-17-31-18-16-26)22(19-21)24(28)25(3)20-11-9-7-6-8-10-12-20/h13-14,19-20H,4-12,15-18H2,1-3H3. The van der Waals surface area contributed by atoms with E-state index in [1.807, 2.05) is 25.8 Å². The van der Waals surface area contributed by atoms with Crippen molar-refractivity contribution >= 4 is 21.6 Å². The van der Waals surface area contributed by atoms with E-state index in [4.69, 9.17) is 4.74 Å². The number of carbonyl (C=O) groups excluding carboxylic acids is 1. The molecule has 1 heterocycles. The number of rotatable bonds is 7. The third kappa shape index (κ3) is 5.64. The summed E-state index contributed by atoms with van der Waals surface area (Å²) in [6.45, 7) is 7.04. The van der Waals surface area contributed by atoms with Crippen LogP contribution in [-0.2, 0) is 14.8 Å². The second-order valence-corrected chi connectivity index (χ2v) is 10.7. The van der Waals surface area contributed by atoms with Gasteiger partial charge in [0.25, 0.3) is 5.91 Å². The van der Waals surface area contributed by atoms with E-state index in [-0.39, 0.29) is 16.8 Å². The third-order valence-corrected chi connectivity index (χ3v) is 8.88. The lowest BCUT2D eigenvalue weighted by molar-refractivity contribution is 0.0706. The van der Waals surface area contributed by atoms with E-state index >= 15 is 0 Å². The van der Waals surface area contributed by atoms with Crippen molar-refractivity contribution in [1.29, 1.82) is 0 Å². The molecule has 0 N–H and O–H groups in total. The Bertz CT molecular complexity index is 856. The van der Waals surface area contributed by atoms with E-state index < -0.39 is 10.0 Å². The number of anilines is 1. The first-order chi connectivity index (χ1) is 15.4. The minimum atomic E-state index is -3.65. The number of sulfonamides is 1. The van der Waals surface area contributed by atoms with Gasteiger partial charge in [-0.3, -0.25) is 4.79 Å². The van der Waals surface area contributed by atoms with Crippen LogP contribution in [0.25, 0.3) is 0 Å². The Balaban J connectivity index is 1.98. The topological polar surface area (TPSA) is 70.2 Å². The normalized spacial score (nSPS) is 18.9. The van der Waals surface area contributed by atoms with Crippen LogP contribution in [-0.4, -0.2) is 76.0 Å². The Hall–Kier alpha value is -1.64. The first-order valence-electron chi connectivity index (χ1n) is 12.1. The quantitative estimate of drug-likeness (QED) is 0.614. The van der Waals surface area contributed by atoms with Crippen molar-refractivity contribution in [2.45, 2.75) is 69.7 Å². The molecule has 1 aromatic rings. The lowest BCUT2D eigenvalue weighted by Gasteiger charge is -2.34. The monoisotopic (exact) mass is 465 g/mol. The minimum absolute atomic E-state index is 0.0892. The van der Waals surface area contributed by atoms with Gasteiger partial charge in [-0.2, -0.15) is 4.31 Å². The molecule has 0 spiro atoms. The highest BCUT2D eigenvalue weighted by Crippen LogP contribution is 2.29. The molecule has 7 nitrogen and oxygen atoms in total. The van der Waals surface area contributed by atoms with Gasteiger partial charge in [0.15, 0.2) is 0 Å². The van der Waals surface area contributed by atoms with Gasteiger partial charge in [0.1, 0.15) is 0 Å². The number of nitrogens with zero attached hydrogens (tertiary/aromatic N) is 3. The Morgan fingerprint density at radius 2 is 1.62 bits per heavy atom. The maximum absolute atomic E-state index is 13.8. The summed E-state index contributed by atoms with van der Waals surface area (Å²) in [4.78, 5) is 17.9. The zero-order valence-corrected chi connectivity index (χ0v) is 20.7. The Morgan fingerprint density at radius 3 is 2.22 bits per heavy atom. The lowest BCUT2D eigenvalue weighted by atomic mass is 9.95. The van der Waals surface area contributed by atoms with E-state index in [1.165, 1.54) is 23.6 Å². The SMILES string of the molecule is CCN(CC)S(=O)(=O)c1ccc(N2CCOCC2)c(C(=O)N(C)C2CCCCCCC2)c1. The number of carbonyl (C=O) groups is 1. The van der Waals surface area contributed by atoms with Crippen LogP contribution in [0, 0.1) is 0 Å². The van der Waals surface area contributed by atoms with Gasteiger partial charge in [-0.05, 0) is 31.0 Å². The lowest BCUT2D eigenvalue weighted by Crippen LogP contribution is -2.41. The molecule has 0 unspecified atom stereocenters. The predicted molar refractivity (Wildman–Crippen MR) is 128 cm³/mol. The molecule has 1 saturated carbocycles. The van der Waals surface area contributed by atoms with Crippen molar-refractivity contribution in [3.05, 3.63) is 23.8 Å². The maximum Gasteiger partial charge on any atom is 0.255 e. The molecule has 180 valence electrons. The first kappa shape index (κ1) is 25.0. The highest BCUT2D eigenvalue weighted by Gasteiger charge is 2.29. The molecule has 1 amide bonds. The van der Waals surface area contributed by atoms with Crippen LogP contribution >= 0.6 is 0 Å². The van der Waals surface area contributed by atoms with E-state index in [9.17, 15) is 13.2 Å². The summed E-state index contributed by atoms with van der Waals surface area (Å²) >= 11 is 0. The first-order valence-corrected chi connectivity index (χ1v) is 13.6. The fourth-order valence-electron chi connectivity index (χ4n) is 4.82. The maximum atomic E-state index is 13.8. The number of amides is 1. The van der Waals surface area contributed by atoms with Crippen LogP contribution < -0.4 is 4.90 Å².